The van der Waals surface area contributed by atoms with Crippen molar-refractivity contribution in [2.75, 3.05) is 32.8 Å². The number of amides is 1. The molecule has 1 aliphatic rings. The molecule has 25 heavy (non-hydrogen) atoms. The van der Waals surface area contributed by atoms with E-state index in [2.05, 4.69) is 46.4 Å². The average Bonchev–Trinajstić information content (AvgIpc) is 2.63. The summed E-state index contributed by atoms with van der Waals surface area (Å²) in [5.41, 5.74) is 3.95. The summed E-state index contributed by atoms with van der Waals surface area (Å²) in [4.78, 5) is 19.0. The lowest BCUT2D eigenvalue weighted by Gasteiger charge is -2.35. The van der Waals surface area contributed by atoms with Crippen LogP contribution < -0.4 is 5.32 Å². The predicted octanol–water partition coefficient (Wildman–Crippen LogP) is 2.50. The fourth-order valence-corrected chi connectivity index (χ4v) is 3.12. The summed E-state index contributed by atoms with van der Waals surface area (Å²) in [6.07, 6.45) is 1.63. The van der Waals surface area contributed by atoms with Crippen molar-refractivity contribution in [3.8, 4) is 0 Å². The highest BCUT2D eigenvalue weighted by molar-refractivity contribution is 5.93. The minimum atomic E-state index is -0.0848. The van der Waals surface area contributed by atoms with Crippen LogP contribution in [-0.2, 0) is 4.74 Å². The van der Waals surface area contributed by atoms with E-state index in [0.29, 0.717) is 12.1 Å². The van der Waals surface area contributed by atoms with Gasteiger partial charge in [-0.15, -0.1) is 0 Å². The second-order valence-corrected chi connectivity index (χ2v) is 6.48. The summed E-state index contributed by atoms with van der Waals surface area (Å²) >= 11 is 0. The topological polar surface area (TPSA) is 54.5 Å². The fraction of sp³-hybridized carbons (Fsp3) is 0.400. The second kappa shape index (κ2) is 8.23. The van der Waals surface area contributed by atoms with Crippen LogP contribution in [-0.4, -0.2) is 48.6 Å². The number of benzene rings is 1. The van der Waals surface area contributed by atoms with Crippen molar-refractivity contribution in [3.05, 3.63) is 65.0 Å². The molecule has 2 heterocycles. The smallest absolute Gasteiger partial charge is 0.252 e. The summed E-state index contributed by atoms with van der Waals surface area (Å²) in [7, 11) is 0. The molecule has 1 fully saturated rings. The molecule has 3 rings (SSSR count). The molecule has 1 saturated heterocycles. The molecule has 0 bridgehead atoms. The molecule has 1 N–H and O–H groups in total. The van der Waals surface area contributed by atoms with E-state index in [1.807, 2.05) is 19.1 Å². The molecule has 5 heteroatoms. The van der Waals surface area contributed by atoms with Gasteiger partial charge >= 0.3 is 0 Å². The van der Waals surface area contributed by atoms with Gasteiger partial charge in [0.25, 0.3) is 5.91 Å². The van der Waals surface area contributed by atoms with Crippen molar-refractivity contribution in [1.82, 2.24) is 15.2 Å². The average molecular weight is 339 g/mol. The number of aromatic nitrogens is 1. The zero-order valence-corrected chi connectivity index (χ0v) is 14.9. The van der Waals surface area contributed by atoms with Gasteiger partial charge in [-0.05, 0) is 31.5 Å². The van der Waals surface area contributed by atoms with Gasteiger partial charge in [0, 0.05) is 31.5 Å². The number of morpholine rings is 1. The van der Waals surface area contributed by atoms with Crippen LogP contribution in [0.3, 0.4) is 0 Å². The summed E-state index contributed by atoms with van der Waals surface area (Å²) < 4.78 is 5.48. The van der Waals surface area contributed by atoms with Crippen LogP contribution in [0.25, 0.3) is 0 Å². The number of ether oxygens (including phenoxy) is 1. The van der Waals surface area contributed by atoms with Crippen molar-refractivity contribution in [3.63, 3.8) is 0 Å². The molecule has 1 aromatic carbocycles. The normalized spacial score (nSPS) is 16.4. The Balaban J connectivity index is 1.73. The molecule has 1 atom stereocenters. The lowest BCUT2D eigenvalue weighted by molar-refractivity contribution is 0.0162. The van der Waals surface area contributed by atoms with Crippen molar-refractivity contribution in [2.45, 2.75) is 19.9 Å². The van der Waals surface area contributed by atoms with Crippen LogP contribution in [0.2, 0.25) is 0 Å². The number of aryl methyl sites for hydroxylation is 2. The molecular formula is C20H25N3O2. The van der Waals surface area contributed by atoms with Gasteiger partial charge in [0.2, 0.25) is 0 Å². The Morgan fingerprint density at radius 2 is 2.04 bits per heavy atom. The maximum atomic E-state index is 12.4. The van der Waals surface area contributed by atoms with Gasteiger partial charge in [0.15, 0.2) is 0 Å². The quantitative estimate of drug-likeness (QED) is 0.909. The third-order valence-corrected chi connectivity index (χ3v) is 4.54. The maximum Gasteiger partial charge on any atom is 0.252 e. The molecular weight excluding hydrogens is 314 g/mol. The molecule has 132 valence electrons. The summed E-state index contributed by atoms with van der Waals surface area (Å²) in [5.74, 6) is -0.0848. The molecule has 0 aliphatic carbocycles. The van der Waals surface area contributed by atoms with Crippen molar-refractivity contribution in [1.29, 1.82) is 0 Å². The van der Waals surface area contributed by atoms with E-state index in [1.54, 1.807) is 6.20 Å². The first-order chi connectivity index (χ1) is 12.1. The number of nitrogens with zero attached hydrogens (tertiary/aromatic N) is 2. The highest BCUT2D eigenvalue weighted by atomic mass is 16.5. The van der Waals surface area contributed by atoms with E-state index in [-0.39, 0.29) is 11.9 Å². The van der Waals surface area contributed by atoms with Crippen LogP contribution in [0.1, 0.15) is 33.2 Å². The lowest BCUT2D eigenvalue weighted by atomic mass is 10.0. The summed E-state index contributed by atoms with van der Waals surface area (Å²) in [6.45, 7) is 7.79. The van der Waals surface area contributed by atoms with Gasteiger partial charge in [-0.2, -0.15) is 0 Å². The number of hydrogen-bond acceptors (Lipinski definition) is 4. The third-order valence-electron chi connectivity index (χ3n) is 4.54. The Labute approximate surface area is 149 Å². The molecule has 1 unspecified atom stereocenters. The van der Waals surface area contributed by atoms with Crippen LogP contribution in [0.15, 0.2) is 42.6 Å². The number of rotatable bonds is 5. The van der Waals surface area contributed by atoms with E-state index in [0.717, 1.165) is 32.0 Å². The molecule has 0 saturated carbocycles. The zero-order valence-electron chi connectivity index (χ0n) is 14.9. The first-order valence-corrected chi connectivity index (χ1v) is 8.73. The van der Waals surface area contributed by atoms with Gasteiger partial charge in [-0.3, -0.25) is 14.7 Å². The Bertz CT molecular complexity index is 709. The molecule has 0 spiro atoms. The molecule has 1 aromatic heterocycles. The Kier molecular flexibility index (Phi) is 5.79. The number of carbonyl (C=O) groups is 1. The third kappa shape index (κ3) is 4.65. The molecule has 2 aromatic rings. The van der Waals surface area contributed by atoms with Crippen LogP contribution in [0, 0.1) is 13.8 Å². The minimum Gasteiger partial charge on any atom is -0.379 e. The number of carbonyl (C=O) groups excluding carboxylic acids is 1. The Morgan fingerprint density at radius 1 is 1.24 bits per heavy atom. The SMILES string of the molecule is Cc1cccc(C(CNC(=O)c2ccc(C)nc2)N2CCOCC2)c1. The van der Waals surface area contributed by atoms with Gasteiger partial charge in [-0.25, -0.2) is 0 Å². The Morgan fingerprint density at radius 3 is 2.72 bits per heavy atom. The van der Waals surface area contributed by atoms with Crippen LogP contribution in [0.4, 0.5) is 0 Å². The first kappa shape index (κ1) is 17.6. The first-order valence-electron chi connectivity index (χ1n) is 8.73. The molecule has 0 radical (unpaired) electrons. The highest BCUT2D eigenvalue weighted by Gasteiger charge is 2.23. The van der Waals surface area contributed by atoms with Gasteiger partial charge in [0.1, 0.15) is 0 Å². The van der Waals surface area contributed by atoms with Gasteiger partial charge in [0.05, 0.1) is 24.8 Å². The summed E-state index contributed by atoms with van der Waals surface area (Å²) in [6, 6.07) is 12.3. The van der Waals surface area contributed by atoms with Gasteiger partial charge < -0.3 is 10.1 Å². The standard InChI is InChI=1S/C20H25N3O2/c1-15-4-3-5-17(12-15)19(23-8-10-25-11-9-23)14-22-20(24)18-7-6-16(2)21-13-18/h3-7,12-13,19H,8-11,14H2,1-2H3,(H,22,24). The maximum absolute atomic E-state index is 12.4. The van der Waals surface area contributed by atoms with E-state index >= 15 is 0 Å². The number of pyridine rings is 1. The van der Waals surface area contributed by atoms with E-state index < -0.39 is 0 Å². The number of hydrogen-bond donors (Lipinski definition) is 1. The fourth-order valence-electron chi connectivity index (χ4n) is 3.12. The lowest BCUT2D eigenvalue weighted by Crippen LogP contribution is -2.43. The van der Waals surface area contributed by atoms with Crippen molar-refractivity contribution < 1.29 is 9.53 Å². The molecule has 5 nitrogen and oxygen atoms in total. The monoisotopic (exact) mass is 339 g/mol. The van der Waals surface area contributed by atoms with Crippen LogP contribution >= 0.6 is 0 Å². The van der Waals surface area contributed by atoms with Crippen molar-refractivity contribution >= 4 is 5.91 Å². The van der Waals surface area contributed by atoms with Gasteiger partial charge in [-0.1, -0.05) is 29.8 Å². The van der Waals surface area contributed by atoms with E-state index in [1.165, 1.54) is 11.1 Å². The van der Waals surface area contributed by atoms with E-state index in [9.17, 15) is 4.79 Å². The zero-order chi connectivity index (χ0) is 17.6. The minimum absolute atomic E-state index is 0.0848. The molecule has 1 aliphatic heterocycles. The second-order valence-electron chi connectivity index (χ2n) is 6.48. The van der Waals surface area contributed by atoms with E-state index in [4.69, 9.17) is 4.74 Å². The van der Waals surface area contributed by atoms with Crippen molar-refractivity contribution in [2.24, 2.45) is 0 Å². The highest BCUT2D eigenvalue weighted by Crippen LogP contribution is 2.22. The van der Waals surface area contributed by atoms with Crippen LogP contribution in [0.5, 0.6) is 0 Å². The largest absolute Gasteiger partial charge is 0.379 e. The Hall–Kier alpha value is -2.24. The number of nitrogens with one attached hydrogen (secondary N) is 1. The summed E-state index contributed by atoms with van der Waals surface area (Å²) in [5, 5.41) is 3.07. The predicted molar refractivity (Wildman–Crippen MR) is 97.6 cm³/mol. The molecule has 1 amide bonds.